The second-order valence-corrected chi connectivity index (χ2v) is 4.76. The highest BCUT2D eigenvalue weighted by atomic mass is 16.5. The minimum Gasteiger partial charge on any atom is -0.396 e. The van der Waals surface area contributed by atoms with Crippen LogP contribution in [0.1, 0.15) is 37.9 Å². The lowest BCUT2D eigenvalue weighted by Gasteiger charge is -2.12. The first kappa shape index (κ1) is 12.5. The third kappa shape index (κ3) is 3.51. The molecule has 0 aliphatic carbocycles. The molecule has 17 heavy (non-hydrogen) atoms. The molecule has 0 saturated carbocycles. The van der Waals surface area contributed by atoms with Gasteiger partial charge < -0.3 is 9.63 Å². The standard InChI is InChI=1S/C12H21N3O2/c1-2-3-12-13-11(14-17-12)9-15-6-4-10(8-15)5-7-16/h10,16H,2-9H2,1H3. The summed E-state index contributed by atoms with van der Waals surface area (Å²) in [6.07, 6.45) is 3.97. The Labute approximate surface area is 102 Å². The van der Waals surface area contributed by atoms with Gasteiger partial charge in [-0.05, 0) is 31.7 Å². The molecule has 0 spiro atoms. The smallest absolute Gasteiger partial charge is 0.226 e. The maximum absolute atomic E-state index is 8.91. The maximum atomic E-state index is 8.91. The molecule has 1 saturated heterocycles. The first-order valence-corrected chi connectivity index (χ1v) is 6.46. The zero-order valence-electron chi connectivity index (χ0n) is 10.4. The Morgan fingerprint density at radius 3 is 3.18 bits per heavy atom. The molecule has 0 amide bonds. The third-order valence-corrected chi connectivity index (χ3v) is 3.25. The Morgan fingerprint density at radius 2 is 2.41 bits per heavy atom. The Morgan fingerprint density at radius 1 is 1.53 bits per heavy atom. The molecular formula is C12H21N3O2. The van der Waals surface area contributed by atoms with Crippen LogP contribution < -0.4 is 0 Å². The minimum atomic E-state index is 0.293. The fourth-order valence-corrected chi connectivity index (χ4v) is 2.34. The number of aryl methyl sites for hydroxylation is 1. The van der Waals surface area contributed by atoms with E-state index in [1.54, 1.807) is 0 Å². The number of aliphatic hydroxyl groups excluding tert-OH is 1. The Kier molecular flexibility index (Phi) is 4.50. The van der Waals surface area contributed by atoms with Gasteiger partial charge in [0.25, 0.3) is 0 Å². The molecule has 1 aromatic heterocycles. The number of nitrogens with zero attached hydrogens (tertiary/aromatic N) is 3. The van der Waals surface area contributed by atoms with Crippen molar-refractivity contribution < 1.29 is 9.63 Å². The SMILES string of the molecule is CCCc1nc(CN2CCC(CCO)C2)no1. The highest BCUT2D eigenvalue weighted by molar-refractivity contribution is 4.88. The molecule has 1 unspecified atom stereocenters. The van der Waals surface area contributed by atoms with E-state index in [0.717, 1.165) is 50.6 Å². The first-order valence-electron chi connectivity index (χ1n) is 6.46. The lowest BCUT2D eigenvalue weighted by Crippen LogP contribution is -2.21. The van der Waals surface area contributed by atoms with Crippen LogP contribution in [-0.2, 0) is 13.0 Å². The minimum absolute atomic E-state index is 0.293. The Bertz CT molecular complexity index is 340. The van der Waals surface area contributed by atoms with Crippen LogP contribution in [0.15, 0.2) is 4.52 Å². The molecule has 1 aromatic rings. The molecule has 2 heterocycles. The molecule has 1 atom stereocenters. The zero-order valence-corrected chi connectivity index (χ0v) is 10.4. The second-order valence-electron chi connectivity index (χ2n) is 4.76. The molecule has 96 valence electrons. The van der Waals surface area contributed by atoms with Gasteiger partial charge in [0.15, 0.2) is 5.82 Å². The molecular weight excluding hydrogens is 218 g/mol. The van der Waals surface area contributed by atoms with Gasteiger partial charge in [-0.3, -0.25) is 4.90 Å². The van der Waals surface area contributed by atoms with Crippen molar-refractivity contribution in [3.05, 3.63) is 11.7 Å². The van der Waals surface area contributed by atoms with E-state index in [4.69, 9.17) is 9.63 Å². The van der Waals surface area contributed by atoms with E-state index in [2.05, 4.69) is 22.0 Å². The van der Waals surface area contributed by atoms with E-state index in [1.165, 1.54) is 6.42 Å². The van der Waals surface area contributed by atoms with Gasteiger partial charge in [0, 0.05) is 19.6 Å². The van der Waals surface area contributed by atoms with Crippen molar-refractivity contribution >= 4 is 0 Å². The fraction of sp³-hybridized carbons (Fsp3) is 0.833. The van der Waals surface area contributed by atoms with E-state index >= 15 is 0 Å². The molecule has 5 nitrogen and oxygen atoms in total. The summed E-state index contributed by atoms with van der Waals surface area (Å²) in [5.74, 6) is 2.16. The summed E-state index contributed by atoms with van der Waals surface area (Å²) in [7, 11) is 0. The normalized spacial score (nSPS) is 21.2. The largest absolute Gasteiger partial charge is 0.396 e. The summed E-state index contributed by atoms with van der Waals surface area (Å²) in [6, 6.07) is 0. The van der Waals surface area contributed by atoms with Crippen LogP contribution in [0.3, 0.4) is 0 Å². The summed E-state index contributed by atoms with van der Waals surface area (Å²) in [5, 5.41) is 12.9. The number of aliphatic hydroxyl groups is 1. The van der Waals surface area contributed by atoms with Crippen LogP contribution in [0.5, 0.6) is 0 Å². The van der Waals surface area contributed by atoms with Gasteiger partial charge in [0.05, 0.1) is 6.54 Å². The van der Waals surface area contributed by atoms with Gasteiger partial charge >= 0.3 is 0 Å². The van der Waals surface area contributed by atoms with Crippen LogP contribution in [0.2, 0.25) is 0 Å². The average Bonchev–Trinajstić information content (AvgIpc) is 2.91. The summed E-state index contributed by atoms with van der Waals surface area (Å²) in [6.45, 7) is 5.28. The summed E-state index contributed by atoms with van der Waals surface area (Å²) < 4.78 is 5.16. The van der Waals surface area contributed by atoms with Gasteiger partial charge in [-0.15, -0.1) is 0 Å². The topological polar surface area (TPSA) is 62.4 Å². The van der Waals surface area contributed by atoms with Crippen LogP contribution >= 0.6 is 0 Å². The number of likely N-dealkylation sites (tertiary alicyclic amines) is 1. The highest BCUT2D eigenvalue weighted by Crippen LogP contribution is 2.20. The van der Waals surface area contributed by atoms with Crippen LogP contribution in [0.25, 0.3) is 0 Å². The molecule has 5 heteroatoms. The predicted molar refractivity (Wildman–Crippen MR) is 63.4 cm³/mol. The second kappa shape index (κ2) is 6.12. The summed E-state index contributed by atoms with van der Waals surface area (Å²) >= 11 is 0. The Hall–Kier alpha value is -0.940. The molecule has 2 rings (SSSR count). The fourth-order valence-electron chi connectivity index (χ4n) is 2.34. The summed E-state index contributed by atoms with van der Waals surface area (Å²) in [5.41, 5.74) is 0. The van der Waals surface area contributed by atoms with E-state index in [9.17, 15) is 0 Å². The van der Waals surface area contributed by atoms with Gasteiger partial charge in [-0.25, -0.2) is 0 Å². The van der Waals surface area contributed by atoms with Gasteiger partial charge in [-0.2, -0.15) is 4.98 Å². The molecule has 1 N–H and O–H groups in total. The van der Waals surface area contributed by atoms with Crippen LogP contribution in [0.4, 0.5) is 0 Å². The van der Waals surface area contributed by atoms with Crippen molar-refractivity contribution in [3.8, 4) is 0 Å². The van der Waals surface area contributed by atoms with Crippen LogP contribution in [0, 0.1) is 5.92 Å². The lowest BCUT2D eigenvalue weighted by atomic mass is 10.1. The predicted octanol–water partition coefficient (Wildman–Crippen LogP) is 1.23. The van der Waals surface area contributed by atoms with E-state index in [0.29, 0.717) is 12.5 Å². The number of hydrogen-bond acceptors (Lipinski definition) is 5. The lowest BCUT2D eigenvalue weighted by molar-refractivity contribution is 0.247. The zero-order chi connectivity index (χ0) is 12.1. The van der Waals surface area contributed by atoms with Crippen molar-refractivity contribution in [3.63, 3.8) is 0 Å². The molecule has 1 aliphatic heterocycles. The van der Waals surface area contributed by atoms with Crippen molar-refractivity contribution in [2.24, 2.45) is 5.92 Å². The number of rotatable bonds is 6. The van der Waals surface area contributed by atoms with E-state index in [-0.39, 0.29) is 0 Å². The van der Waals surface area contributed by atoms with Gasteiger partial charge in [0.2, 0.25) is 5.89 Å². The quantitative estimate of drug-likeness (QED) is 0.809. The third-order valence-electron chi connectivity index (χ3n) is 3.25. The van der Waals surface area contributed by atoms with Crippen molar-refractivity contribution in [1.82, 2.24) is 15.0 Å². The highest BCUT2D eigenvalue weighted by Gasteiger charge is 2.23. The number of hydrogen-bond donors (Lipinski definition) is 1. The van der Waals surface area contributed by atoms with Crippen molar-refractivity contribution in [1.29, 1.82) is 0 Å². The molecule has 1 fully saturated rings. The molecule has 0 aromatic carbocycles. The maximum Gasteiger partial charge on any atom is 0.226 e. The molecule has 0 bridgehead atoms. The average molecular weight is 239 g/mol. The Balaban J connectivity index is 1.80. The monoisotopic (exact) mass is 239 g/mol. The van der Waals surface area contributed by atoms with Crippen LogP contribution in [-0.4, -0.2) is 39.8 Å². The first-order chi connectivity index (χ1) is 8.31. The number of aromatic nitrogens is 2. The van der Waals surface area contributed by atoms with Gasteiger partial charge in [0.1, 0.15) is 0 Å². The van der Waals surface area contributed by atoms with Crippen molar-refractivity contribution in [2.75, 3.05) is 19.7 Å². The molecule has 1 aliphatic rings. The van der Waals surface area contributed by atoms with E-state index < -0.39 is 0 Å². The van der Waals surface area contributed by atoms with Crippen molar-refractivity contribution in [2.45, 2.75) is 39.2 Å². The van der Waals surface area contributed by atoms with E-state index in [1.807, 2.05) is 0 Å². The van der Waals surface area contributed by atoms with Gasteiger partial charge in [-0.1, -0.05) is 12.1 Å². The summed E-state index contributed by atoms with van der Waals surface area (Å²) in [4.78, 5) is 6.70. The molecule has 0 radical (unpaired) electrons.